The Morgan fingerprint density at radius 2 is 1.86 bits per heavy atom. The molecule has 0 bridgehead atoms. The van der Waals surface area contributed by atoms with E-state index in [0.717, 1.165) is 15.3 Å². The van der Waals surface area contributed by atoms with Gasteiger partial charge in [-0.15, -0.1) is 22.7 Å². The van der Waals surface area contributed by atoms with Crippen LogP contribution in [0.15, 0.2) is 47.8 Å². The zero-order valence-electron chi connectivity index (χ0n) is 15.1. The Bertz CT molecular complexity index is 1010. The van der Waals surface area contributed by atoms with E-state index in [1.807, 2.05) is 37.3 Å². The lowest BCUT2D eigenvalue weighted by molar-refractivity contribution is 0.0602. The number of ether oxygens (including phenoxy) is 1. The van der Waals surface area contributed by atoms with Gasteiger partial charge in [0.1, 0.15) is 5.00 Å². The highest BCUT2D eigenvalue weighted by molar-refractivity contribution is 7.80. The van der Waals surface area contributed by atoms with E-state index in [1.54, 1.807) is 17.5 Å². The van der Waals surface area contributed by atoms with E-state index in [2.05, 4.69) is 16.2 Å². The lowest BCUT2D eigenvalue weighted by Gasteiger charge is -2.11. The third-order valence-corrected chi connectivity index (χ3v) is 5.87. The number of rotatable bonds is 4. The van der Waals surface area contributed by atoms with Crippen molar-refractivity contribution in [3.8, 4) is 10.4 Å². The molecule has 144 valence electrons. The Hall–Kier alpha value is -2.75. The van der Waals surface area contributed by atoms with Gasteiger partial charge in [0.2, 0.25) is 0 Å². The van der Waals surface area contributed by atoms with Crippen molar-refractivity contribution in [3.63, 3.8) is 0 Å². The van der Waals surface area contributed by atoms with Crippen LogP contribution in [-0.2, 0) is 4.74 Å². The first kappa shape index (κ1) is 20.0. The van der Waals surface area contributed by atoms with Crippen molar-refractivity contribution in [1.29, 1.82) is 0 Å². The van der Waals surface area contributed by atoms with Crippen LogP contribution in [-0.4, -0.2) is 24.1 Å². The molecule has 2 heterocycles. The van der Waals surface area contributed by atoms with Crippen LogP contribution in [0.25, 0.3) is 10.4 Å². The SMILES string of the molecule is COC(=O)c1cc(-c2ccccc2)sc1NC(=S)NNC(=O)c1csc(C)c1. The summed E-state index contributed by atoms with van der Waals surface area (Å²) in [5, 5.41) is 5.41. The van der Waals surface area contributed by atoms with Crippen LogP contribution in [0.5, 0.6) is 0 Å². The molecule has 6 nitrogen and oxygen atoms in total. The second kappa shape index (κ2) is 8.96. The van der Waals surface area contributed by atoms with Crippen LogP contribution >= 0.6 is 34.9 Å². The molecule has 0 aliphatic heterocycles. The van der Waals surface area contributed by atoms with E-state index in [1.165, 1.54) is 29.8 Å². The summed E-state index contributed by atoms with van der Waals surface area (Å²) in [5.41, 5.74) is 7.09. The summed E-state index contributed by atoms with van der Waals surface area (Å²) in [7, 11) is 1.33. The lowest BCUT2D eigenvalue weighted by Crippen LogP contribution is -2.43. The van der Waals surface area contributed by atoms with E-state index in [4.69, 9.17) is 17.0 Å². The predicted molar refractivity (Wildman–Crippen MR) is 117 cm³/mol. The maximum Gasteiger partial charge on any atom is 0.340 e. The summed E-state index contributed by atoms with van der Waals surface area (Å²) in [6.45, 7) is 1.93. The Balaban J connectivity index is 1.71. The number of anilines is 1. The summed E-state index contributed by atoms with van der Waals surface area (Å²) in [6, 6.07) is 13.2. The van der Waals surface area contributed by atoms with Gasteiger partial charge in [-0.1, -0.05) is 30.3 Å². The molecule has 0 radical (unpaired) electrons. The minimum atomic E-state index is -0.471. The van der Waals surface area contributed by atoms with Crippen LogP contribution in [0, 0.1) is 6.92 Å². The van der Waals surface area contributed by atoms with Crippen molar-refractivity contribution in [2.45, 2.75) is 6.92 Å². The fraction of sp³-hybridized carbons (Fsp3) is 0.105. The van der Waals surface area contributed by atoms with Crippen molar-refractivity contribution in [1.82, 2.24) is 10.9 Å². The van der Waals surface area contributed by atoms with E-state index in [0.29, 0.717) is 16.1 Å². The average Bonchev–Trinajstić information content (AvgIpc) is 3.33. The summed E-state index contributed by atoms with van der Waals surface area (Å²) in [6.07, 6.45) is 0. The molecule has 0 saturated carbocycles. The number of hydrogen-bond donors (Lipinski definition) is 3. The number of carbonyl (C=O) groups excluding carboxylic acids is 2. The molecule has 1 aromatic carbocycles. The quantitative estimate of drug-likeness (QED) is 0.326. The minimum Gasteiger partial charge on any atom is -0.465 e. The molecule has 0 spiro atoms. The summed E-state index contributed by atoms with van der Waals surface area (Å²) in [5.74, 6) is -0.764. The van der Waals surface area contributed by atoms with Crippen LogP contribution in [0.4, 0.5) is 5.00 Å². The van der Waals surface area contributed by atoms with E-state index >= 15 is 0 Å². The smallest absolute Gasteiger partial charge is 0.340 e. The van der Waals surface area contributed by atoms with Gasteiger partial charge in [0.05, 0.1) is 18.2 Å². The molecule has 1 amide bonds. The van der Waals surface area contributed by atoms with Crippen molar-refractivity contribution in [2.24, 2.45) is 0 Å². The molecule has 0 atom stereocenters. The third-order valence-electron chi connectivity index (χ3n) is 3.71. The van der Waals surface area contributed by atoms with E-state index in [-0.39, 0.29) is 11.0 Å². The molecule has 9 heteroatoms. The number of aryl methyl sites for hydroxylation is 1. The Labute approximate surface area is 175 Å². The Morgan fingerprint density at radius 1 is 1.11 bits per heavy atom. The first-order chi connectivity index (χ1) is 13.5. The standard InChI is InChI=1S/C19H17N3O3S3/c1-11-8-13(10-27-11)16(23)21-22-19(26)20-17-14(18(24)25-2)9-15(28-17)12-6-4-3-5-7-12/h3-10H,1-2H3,(H,21,23)(H2,20,22,26). The summed E-state index contributed by atoms with van der Waals surface area (Å²) < 4.78 is 4.86. The van der Waals surface area contributed by atoms with Gasteiger partial charge in [0, 0.05) is 15.1 Å². The number of thiocarbonyl (C=S) groups is 1. The fourth-order valence-electron chi connectivity index (χ4n) is 2.37. The topological polar surface area (TPSA) is 79.5 Å². The highest BCUT2D eigenvalue weighted by Gasteiger charge is 2.18. The number of esters is 1. The maximum atomic E-state index is 12.1. The van der Waals surface area contributed by atoms with Crippen LogP contribution < -0.4 is 16.2 Å². The Kier molecular flexibility index (Phi) is 6.40. The van der Waals surface area contributed by atoms with Crippen LogP contribution in [0.3, 0.4) is 0 Å². The summed E-state index contributed by atoms with van der Waals surface area (Å²) >= 11 is 8.10. The largest absolute Gasteiger partial charge is 0.465 e. The van der Waals surface area contributed by atoms with Gasteiger partial charge in [-0.2, -0.15) is 0 Å². The van der Waals surface area contributed by atoms with E-state index < -0.39 is 5.97 Å². The van der Waals surface area contributed by atoms with Gasteiger partial charge in [-0.25, -0.2) is 4.79 Å². The molecule has 0 unspecified atom stereocenters. The normalized spacial score (nSPS) is 10.2. The van der Waals surface area contributed by atoms with Gasteiger partial charge in [-0.05, 0) is 36.8 Å². The highest BCUT2D eigenvalue weighted by Crippen LogP contribution is 2.35. The highest BCUT2D eigenvalue weighted by atomic mass is 32.1. The molecule has 3 aromatic rings. The minimum absolute atomic E-state index is 0.159. The number of hydrogen-bond acceptors (Lipinski definition) is 6. The molecule has 0 fully saturated rings. The molecule has 0 aliphatic carbocycles. The van der Waals surface area contributed by atoms with Crippen molar-refractivity contribution < 1.29 is 14.3 Å². The van der Waals surface area contributed by atoms with Crippen molar-refractivity contribution in [2.75, 3.05) is 12.4 Å². The third kappa shape index (κ3) is 4.75. The Morgan fingerprint density at radius 3 is 2.50 bits per heavy atom. The van der Waals surface area contributed by atoms with Gasteiger partial charge in [0.15, 0.2) is 5.11 Å². The lowest BCUT2D eigenvalue weighted by atomic mass is 10.1. The number of carbonyl (C=O) groups is 2. The number of thiophene rings is 2. The first-order valence-electron chi connectivity index (χ1n) is 8.18. The van der Waals surface area contributed by atoms with Crippen molar-refractivity contribution >= 4 is 56.9 Å². The van der Waals surface area contributed by atoms with Gasteiger partial charge < -0.3 is 10.1 Å². The van der Waals surface area contributed by atoms with Gasteiger partial charge >= 0.3 is 5.97 Å². The van der Waals surface area contributed by atoms with E-state index in [9.17, 15) is 9.59 Å². The molecule has 2 aromatic heterocycles. The fourth-order valence-corrected chi connectivity index (χ4v) is 4.33. The first-order valence-corrected chi connectivity index (χ1v) is 10.3. The molecular formula is C19H17N3O3S3. The summed E-state index contributed by atoms with van der Waals surface area (Å²) in [4.78, 5) is 26.2. The molecule has 3 N–H and O–H groups in total. The number of nitrogens with one attached hydrogen (secondary N) is 3. The maximum absolute atomic E-state index is 12.1. The number of methoxy groups -OCH3 is 1. The van der Waals surface area contributed by atoms with Crippen LogP contribution in [0.2, 0.25) is 0 Å². The molecule has 28 heavy (non-hydrogen) atoms. The molecule has 3 rings (SSSR count). The second-order valence-electron chi connectivity index (χ2n) is 5.69. The predicted octanol–water partition coefficient (Wildman–Crippen LogP) is 4.20. The molecule has 0 saturated heterocycles. The number of amides is 1. The number of benzene rings is 1. The monoisotopic (exact) mass is 431 g/mol. The molecule has 0 aliphatic rings. The zero-order chi connectivity index (χ0) is 20.1. The molecular weight excluding hydrogens is 414 g/mol. The zero-order valence-corrected chi connectivity index (χ0v) is 17.5. The second-order valence-corrected chi connectivity index (χ2v) is 8.27. The average molecular weight is 432 g/mol. The van der Waals surface area contributed by atoms with Crippen LogP contribution in [0.1, 0.15) is 25.6 Å². The van der Waals surface area contributed by atoms with Crippen molar-refractivity contribution in [3.05, 3.63) is 63.8 Å². The van der Waals surface area contributed by atoms with Gasteiger partial charge in [-0.3, -0.25) is 15.6 Å². The van der Waals surface area contributed by atoms with Gasteiger partial charge in [0.25, 0.3) is 5.91 Å². The number of hydrazine groups is 1.